The Kier molecular flexibility index (Phi) is 6.53. The third kappa shape index (κ3) is 5.13. The number of fused-ring (bicyclic) bond motifs is 1. The minimum absolute atomic E-state index is 0.143. The third-order valence-corrected chi connectivity index (χ3v) is 9.68. The van der Waals surface area contributed by atoms with E-state index in [1.165, 1.54) is 32.0 Å². The van der Waals surface area contributed by atoms with Gasteiger partial charge in [0.05, 0.1) is 28.4 Å². The number of carbonyl (C=O) groups is 1. The Morgan fingerprint density at radius 3 is 2.32 bits per heavy atom. The lowest BCUT2D eigenvalue weighted by atomic mass is 10.1. The number of thioether (sulfide) groups is 1. The summed E-state index contributed by atoms with van der Waals surface area (Å²) in [6.45, 7) is 8.29. The average Bonchev–Trinajstić information content (AvgIpc) is 3.05. The number of ether oxygens (including phenoxy) is 2. The van der Waals surface area contributed by atoms with Crippen molar-refractivity contribution in [3.8, 4) is 11.8 Å². The minimum Gasteiger partial charge on any atom is -0.481 e. The molecular weight excluding hydrogens is 456 g/mol. The number of aromatic nitrogens is 2. The molecule has 0 bridgehead atoms. The number of benzene rings is 1. The van der Waals surface area contributed by atoms with Crippen molar-refractivity contribution in [3.63, 3.8) is 0 Å². The van der Waals surface area contributed by atoms with Crippen molar-refractivity contribution >= 4 is 47.0 Å². The van der Waals surface area contributed by atoms with Crippen LogP contribution in [-0.4, -0.2) is 52.0 Å². The quantitative estimate of drug-likeness (QED) is 0.603. The fraction of sp³-hybridized carbons (Fsp3) is 0.421. The molecule has 1 atom stereocenters. The van der Waals surface area contributed by atoms with Crippen LogP contribution in [0, 0.1) is 0 Å². The van der Waals surface area contributed by atoms with Crippen LogP contribution in [0.2, 0.25) is 19.6 Å². The lowest BCUT2D eigenvalue weighted by molar-refractivity contribution is 0.256. The smallest absolute Gasteiger partial charge is 0.335 e. The van der Waals surface area contributed by atoms with Crippen LogP contribution >= 0.6 is 11.8 Å². The Hall–Kier alpha value is -2.31. The number of hydrogen-bond donors (Lipinski definition) is 2. The second-order valence-corrected chi connectivity index (χ2v) is 16.3. The topological polar surface area (TPSA) is 120 Å². The molecule has 1 aliphatic heterocycles. The van der Waals surface area contributed by atoms with Crippen LogP contribution in [0.3, 0.4) is 0 Å². The summed E-state index contributed by atoms with van der Waals surface area (Å²) >= 11 is 1.53. The molecule has 1 unspecified atom stereocenters. The molecule has 1 aromatic carbocycles. The number of anilines is 1. The zero-order valence-corrected chi connectivity index (χ0v) is 20.9. The van der Waals surface area contributed by atoms with Gasteiger partial charge < -0.3 is 9.47 Å². The molecule has 2 N–H and O–H groups in total. The van der Waals surface area contributed by atoms with E-state index in [0.717, 1.165) is 22.1 Å². The number of rotatable bonds is 6. The van der Waals surface area contributed by atoms with Gasteiger partial charge in [-0.15, -0.1) is 11.8 Å². The molecule has 0 spiro atoms. The summed E-state index contributed by atoms with van der Waals surface area (Å²) in [7, 11) is -3.35. The van der Waals surface area contributed by atoms with Crippen LogP contribution < -0.4 is 24.7 Å². The molecule has 0 saturated carbocycles. The molecule has 2 heterocycles. The number of nitrogens with one attached hydrogen (secondary N) is 2. The van der Waals surface area contributed by atoms with E-state index in [9.17, 15) is 13.2 Å². The van der Waals surface area contributed by atoms with Crippen molar-refractivity contribution in [1.82, 2.24) is 14.7 Å². The first-order chi connectivity index (χ1) is 14.4. The molecule has 12 heteroatoms. The highest BCUT2D eigenvalue weighted by atomic mass is 32.2. The van der Waals surface area contributed by atoms with Gasteiger partial charge in [-0.2, -0.15) is 9.97 Å². The van der Waals surface area contributed by atoms with Gasteiger partial charge in [0.1, 0.15) is 4.90 Å². The van der Waals surface area contributed by atoms with Gasteiger partial charge in [-0.25, -0.2) is 17.9 Å². The largest absolute Gasteiger partial charge is 0.481 e. The Balaban J connectivity index is 1.95. The number of carbonyl (C=O) groups excluding carboxylic acids is 1. The second kappa shape index (κ2) is 8.67. The predicted molar refractivity (Wildman–Crippen MR) is 123 cm³/mol. The van der Waals surface area contributed by atoms with Crippen molar-refractivity contribution in [2.45, 2.75) is 48.0 Å². The molecular formula is C19H26N4O5S2Si. The van der Waals surface area contributed by atoms with Crippen molar-refractivity contribution in [1.29, 1.82) is 0 Å². The van der Waals surface area contributed by atoms with Gasteiger partial charge in [-0.3, -0.25) is 5.32 Å². The van der Waals surface area contributed by atoms with E-state index in [4.69, 9.17) is 9.47 Å². The number of amides is 2. The van der Waals surface area contributed by atoms with Gasteiger partial charge in [0.25, 0.3) is 10.0 Å². The SMILES string of the molecule is COc1cc(OC)nc(NC(=O)NS(=O)(=O)c2c([Si](C)(C)C)ccc3c2SC(C)C3)n1. The number of sulfonamides is 1. The normalized spacial score (nSPS) is 15.9. The predicted octanol–water partition coefficient (Wildman–Crippen LogP) is 2.59. The standard InChI is InChI=1S/C19H26N4O5S2Si/c1-11-9-12-7-8-13(31(4,5)6)17(16(12)29-11)30(25,26)23-19(24)22-18-20-14(27-2)10-15(21-18)28-3/h7-8,10-11H,9H2,1-6H3,(H2,20,21,22,23,24). The highest BCUT2D eigenvalue weighted by Gasteiger charge is 2.35. The van der Waals surface area contributed by atoms with Gasteiger partial charge >= 0.3 is 6.03 Å². The number of urea groups is 1. The first-order valence-corrected chi connectivity index (χ1v) is 15.4. The number of methoxy groups -OCH3 is 2. The maximum Gasteiger partial charge on any atom is 0.335 e. The van der Waals surface area contributed by atoms with Gasteiger partial charge in [-0.05, 0) is 17.2 Å². The molecule has 168 valence electrons. The molecule has 2 aromatic rings. The van der Waals surface area contributed by atoms with Crippen molar-refractivity contribution in [3.05, 3.63) is 23.8 Å². The molecule has 3 rings (SSSR count). The molecule has 2 amide bonds. The average molecular weight is 483 g/mol. The van der Waals surface area contributed by atoms with E-state index in [-0.39, 0.29) is 27.9 Å². The van der Waals surface area contributed by atoms with Crippen molar-refractivity contribution in [2.75, 3.05) is 19.5 Å². The molecule has 0 fully saturated rings. The van der Waals surface area contributed by atoms with E-state index in [1.54, 1.807) is 0 Å². The Morgan fingerprint density at radius 2 is 1.77 bits per heavy atom. The van der Waals surface area contributed by atoms with Crippen LogP contribution in [0.15, 0.2) is 28.0 Å². The molecule has 1 aromatic heterocycles. The second-order valence-electron chi connectivity index (χ2n) is 8.15. The zero-order valence-electron chi connectivity index (χ0n) is 18.3. The Labute approximate surface area is 187 Å². The number of hydrogen-bond acceptors (Lipinski definition) is 8. The zero-order chi connectivity index (χ0) is 23.0. The first-order valence-electron chi connectivity index (χ1n) is 9.58. The summed E-state index contributed by atoms with van der Waals surface area (Å²) in [6.07, 6.45) is 0.790. The van der Waals surface area contributed by atoms with Crippen LogP contribution in [0.1, 0.15) is 12.5 Å². The molecule has 0 radical (unpaired) electrons. The van der Waals surface area contributed by atoms with Gasteiger partial charge in [0.2, 0.25) is 17.7 Å². The highest BCUT2D eigenvalue weighted by Crippen LogP contribution is 2.40. The fourth-order valence-electron chi connectivity index (χ4n) is 3.27. The van der Waals surface area contributed by atoms with E-state index in [1.807, 2.05) is 12.1 Å². The maximum atomic E-state index is 13.4. The Bertz CT molecular complexity index is 1100. The Morgan fingerprint density at radius 1 is 1.16 bits per heavy atom. The summed E-state index contributed by atoms with van der Waals surface area (Å²) in [4.78, 5) is 21.5. The summed E-state index contributed by atoms with van der Waals surface area (Å²) in [5.74, 6) is 0.185. The molecule has 0 saturated heterocycles. The fourth-order valence-corrected chi connectivity index (χ4v) is 8.86. The summed E-state index contributed by atoms with van der Waals surface area (Å²) < 4.78 is 38.9. The molecule has 0 aliphatic carbocycles. The van der Waals surface area contributed by atoms with Crippen molar-refractivity contribution in [2.24, 2.45) is 0 Å². The van der Waals surface area contributed by atoms with E-state index < -0.39 is 24.1 Å². The number of nitrogens with zero attached hydrogens (tertiary/aromatic N) is 2. The van der Waals surface area contributed by atoms with Gasteiger partial charge in [-0.1, -0.05) is 38.7 Å². The lowest BCUT2D eigenvalue weighted by Gasteiger charge is -2.23. The highest BCUT2D eigenvalue weighted by molar-refractivity contribution is 8.01. The molecule has 9 nitrogen and oxygen atoms in total. The van der Waals surface area contributed by atoms with E-state index in [2.05, 4.69) is 46.6 Å². The maximum absolute atomic E-state index is 13.4. The summed E-state index contributed by atoms with van der Waals surface area (Å²) in [5, 5.41) is 3.40. The van der Waals surface area contributed by atoms with E-state index in [0.29, 0.717) is 0 Å². The van der Waals surface area contributed by atoms with Gasteiger partial charge in [0, 0.05) is 10.1 Å². The van der Waals surface area contributed by atoms with Gasteiger partial charge in [0.15, 0.2) is 0 Å². The van der Waals surface area contributed by atoms with Crippen LogP contribution in [-0.2, 0) is 16.4 Å². The summed E-state index contributed by atoms with van der Waals surface area (Å²) in [6, 6.07) is 4.37. The lowest BCUT2D eigenvalue weighted by Crippen LogP contribution is -2.45. The molecule has 31 heavy (non-hydrogen) atoms. The first kappa shape index (κ1) is 23.4. The third-order valence-electron chi connectivity index (χ3n) is 4.65. The van der Waals surface area contributed by atoms with E-state index >= 15 is 0 Å². The van der Waals surface area contributed by atoms with Crippen LogP contribution in [0.25, 0.3) is 0 Å². The summed E-state index contributed by atoms with van der Waals surface area (Å²) in [5.41, 5.74) is 0.987. The molecule has 1 aliphatic rings. The van der Waals surface area contributed by atoms with Crippen molar-refractivity contribution < 1.29 is 22.7 Å². The van der Waals surface area contributed by atoms with Crippen LogP contribution in [0.4, 0.5) is 10.7 Å². The van der Waals surface area contributed by atoms with Crippen LogP contribution in [0.5, 0.6) is 11.8 Å². The minimum atomic E-state index is -4.14. The monoisotopic (exact) mass is 482 g/mol.